The topological polar surface area (TPSA) is 122 Å². The molecule has 0 saturated heterocycles. The third-order valence-corrected chi connectivity index (χ3v) is 5.92. The number of amides is 3. The molecule has 4 aromatic rings. The Hall–Kier alpha value is -5.38. The van der Waals surface area contributed by atoms with Crippen molar-refractivity contribution in [2.45, 2.75) is 59.7 Å². The number of aromatic nitrogens is 1. The number of aryl methyl sites for hydroxylation is 1. The maximum absolute atomic E-state index is 13.2. The molecule has 0 fully saturated rings. The average molecular weight is 610 g/mol. The summed E-state index contributed by atoms with van der Waals surface area (Å²) in [4.78, 5) is 44.7. The number of ether oxygens (including phenoxy) is 2. The first-order chi connectivity index (χ1) is 21.1. The Morgan fingerprint density at radius 3 is 1.78 bits per heavy atom. The van der Waals surface area contributed by atoms with Crippen LogP contribution in [0.5, 0.6) is 0 Å². The number of hydrogen-bond donors (Lipinski definition) is 3. The van der Waals surface area contributed by atoms with Gasteiger partial charge in [0.25, 0.3) is 5.91 Å². The number of rotatable bonds is 7. The van der Waals surface area contributed by atoms with Gasteiger partial charge in [-0.25, -0.2) is 14.6 Å². The molecule has 10 nitrogen and oxygen atoms in total. The molecule has 3 aromatic carbocycles. The summed E-state index contributed by atoms with van der Waals surface area (Å²) in [5.74, 6) is -0.262. The van der Waals surface area contributed by atoms with Gasteiger partial charge < -0.3 is 25.4 Å². The van der Waals surface area contributed by atoms with Crippen molar-refractivity contribution in [3.05, 3.63) is 102 Å². The Kier molecular flexibility index (Phi) is 9.76. The van der Waals surface area contributed by atoms with Crippen molar-refractivity contribution in [3.63, 3.8) is 0 Å². The lowest BCUT2D eigenvalue weighted by Gasteiger charge is -2.28. The van der Waals surface area contributed by atoms with Gasteiger partial charge in [-0.1, -0.05) is 30.3 Å². The lowest BCUT2D eigenvalue weighted by molar-refractivity contribution is 0.0429. The number of carbonyl (C=O) groups excluding carboxylic acids is 3. The molecule has 3 N–H and O–H groups in total. The lowest BCUT2D eigenvalue weighted by Crippen LogP contribution is -2.44. The smallest absolute Gasteiger partial charge is 0.425 e. The van der Waals surface area contributed by atoms with Gasteiger partial charge in [0, 0.05) is 45.8 Å². The molecule has 10 heteroatoms. The van der Waals surface area contributed by atoms with Crippen molar-refractivity contribution in [2.75, 3.05) is 20.9 Å². The fourth-order valence-corrected chi connectivity index (χ4v) is 4.19. The number of nitrogens with zero attached hydrogens (tertiary/aromatic N) is 2. The largest absolute Gasteiger partial charge is 0.443 e. The summed E-state index contributed by atoms with van der Waals surface area (Å²) in [6, 6.07) is 27.5. The zero-order valence-corrected chi connectivity index (χ0v) is 26.6. The molecule has 0 aliphatic heterocycles. The predicted octanol–water partition coefficient (Wildman–Crippen LogP) is 8.81. The van der Waals surface area contributed by atoms with Crippen LogP contribution in [0.2, 0.25) is 0 Å². The summed E-state index contributed by atoms with van der Waals surface area (Å²) in [6.07, 6.45) is -1.83. The van der Waals surface area contributed by atoms with Crippen LogP contribution in [0.25, 0.3) is 0 Å². The number of imide groups is 1. The molecule has 0 radical (unpaired) electrons. The Morgan fingerprint density at radius 2 is 1.16 bits per heavy atom. The van der Waals surface area contributed by atoms with Crippen molar-refractivity contribution in [2.24, 2.45) is 0 Å². The highest BCUT2D eigenvalue weighted by molar-refractivity contribution is 6.09. The molecular weight excluding hydrogens is 570 g/mol. The van der Waals surface area contributed by atoms with E-state index in [1.165, 1.54) is 0 Å². The number of hydrogen-bond acceptors (Lipinski definition) is 8. The van der Waals surface area contributed by atoms with E-state index in [2.05, 4.69) is 20.9 Å². The van der Waals surface area contributed by atoms with E-state index in [-0.39, 0.29) is 11.7 Å². The second-order valence-electron chi connectivity index (χ2n) is 12.4. The van der Waals surface area contributed by atoms with Crippen molar-refractivity contribution >= 4 is 52.3 Å². The van der Waals surface area contributed by atoms with E-state index < -0.39 is 23.4 Å². The molecule has 0 unspecified atom stereocenters. The van der Waals surface area contributed by atoms with Crippen LogP contribution in [-0.2, 0) is 9.47 Å². The molecule has 0 atom stereocenters. The predicted molar refractivity (Wildman–Crippen MR) is 178 cm³/mol. The molecule has 0 aliphatic rings. The van der Waals surface area contributed by atoms with Gasteiger partial charge in [0.1, 0.15) is 11.2 Å². The second-order valence-corrected chi connectivity index (χ2v) is 12.4. The SMILES string of the molecule is Cc1cc(Nc2cccc(C(=O)Nc3cccc(Nc4ccccc4)c3)c2)cc(N(C(=O)OC(C)(C)C)C(=O)OC(C)(C)C)n1. The number of anilines is 6. The molecule has 0 bridgehead atoms. The van der Waals surface area contributed by atoms with Crippen molar-refractivity contribution in [1.82, 2.24) is 4.98 Å². The number of pyridine rings is 1. The van der Waals surface area contributed by atoms with Crippen LogP contribution in [0.1, 0.15) is 57.6 Å². The summed E-state index contributed by atoms with van der Waals surface area (Å²) < 4.78 is 11.0. The minimum absolute atomic E-state index is 0.0268. The van der Waals surface area contributed by atoms with E-state index in [0.29, 0.717) is 28.3 Å². The molecule has 1 heterocycles. The Bertz CT molecular complexity index is 1650. The summed E-state index contributed by atoms with van der Waals surface area (Å²) in [7, 11) is 0. The normalized spacial score (nSPS) is 11.3. The van der Waals surface area contributed by atoms with E-state index >= 15 is 0 Å². The van der Waals surface area contributed by atoms with Crippen LogP contribution in [0.3, 0.4) is 0 Å². The molecule has 0 aliphatic carbocycles. The minimum Gasteiger partial charge on any atom is -0.443 e. The summed E-state index contributed by atoms with van der Waals surface area (Å²) in [5, 5.41) is 9.51. The van der Waals surface area contributed by atoms with Gasteiger partial charge in [0.2, 0.25) is 0 Å². The van der Waals surface area contributed by atoms with Gasteiger partial charge in [-0.3, -0.25) is 4.79 Å². The molecule has 4 rings (SSSR count). The first-order valence-corrected chi connectivity index (χ1v) is 14.5. The summed E-state index contributed by atoms with van der Waals surface area (Å²) in [6.45, 7) is 12.0. The fraction of sp³-hybridized carbons (Fsp3) is 0.257. The summed E-state index contributed by atoms with van der Waals surface area (Å²) in [5.41, 5.74) is 2.80. The summed E-state index contributed by atoms with van der Waals surface area (Å²) >= 11 is 0. The van der Waals surface area contributed by atoms with Gasteiger partial charge in [-0.15, -0.1) is 0 Å². The highest BCUT2D eigenvalue weighted by atomic mass is 16.6. The molecule has 0 spiro atoms. The maximum Gasteiger partial charge on any atom is 0.425 e. The van der Waals surface area contributed by atoms with Crippen molar-refractivity contribution < 1.29 is 23.9 Å². The first kappa shape index (κ1) is 32.5. The minimum atomic E-state index is -0.914. The van der Waals surface area contributed by atoms with Gasteiger partial charge in [-0.2, -0.15) is 4.90 Å². The average Bonchev–Trinajstić information content (AvgIpc) is 2.92. The molecule has 3 amide bonds. The van der Waals surface area contributed by atoms with Crippen LogP contribution in [-0.4, -0.2) is 34.3 Å². The zero-order valence-electron chi connectivity index (χ0n) is 26.6. The number of carbonyl (C=O) groups is 3. The number of benzene rings is 3. The Morgan fingerprint density at radius 1 is 0.622 bits per heavy atom. The van der Waals surface area contributed by atoms with E-state index in [4.69, 9.17) is 9.47 Å². The van der Waals surface area contributed by atoms with Crippen molar-refractivity contribution in [3.8, 4) is 0 Å². The van der Waals surface area contributed by atoms with Gasteiger partial charge in [-0.05, 0) is 103 Å². The van der Waals surface area contributed by atoms with Crippen LogP contribution in [0.4, 0.5) is 43.8 Å². The van der Waals surface area contributed by atoms with Crippen LogP contribution in [0.15, 0.2) is 91.0 Å². The monoisotopic (exact) mass is 609 g/mol. The zero-order chi connectivity index (χ0) is 32.8. The highest BCUT2D eigenvalue weighted by Gasteiger charge is 2.34. The molecule has 234 valence electrons. The standard InChI is InChI=1S/C35H39N5O5/c1-23-19-29(22-30(36-23)40(32(42)44-34(2,3)4)33(43)45-35(5,6)7)38-26-16-11-13-24(20-26)31(41)39-28-18-12-17-27(21-28)37-25-14-9-8-10-15-25/h8-22,37H,1-7H3,(H,36,38)(H,39,41). The lowest BCUT2D eigenvalue weighted by atomic mass is 10.1. The van der Waals surface area contributed by atoms with Gasteiger partial charge >= 0.3 is 12.2 Å². The fourth-order valence-electron chi connectivity index (χ4n) is 4.19. The quantitative estimate of drug-likeness (QED) is 0.190. The molecule has 0 saturated carbocycles. The van der Waals surface area contributed by atoms with E-state index in [0.717, 1.165) is 16.3 Å². The molecule has 45 heavy (non-hydrogen) atoms. The first-order valence-electron chi connectivity index (χ1n) is 14.5. The highest BCUT2D eigenvalue weighted by Crippen LogP contribution is 2.27. The molecule has 1 aromatic heterocycles. The Balaban J connectivity index is 1.54. The second kappa shape index (κ2) is 13.5. The van der Waals surface area contributed by atoms with Gasteiger partial charge in [0.05, 0.1) is 0 Å². The van der Waals surface area contributed by atoms with Gasteiger partial charge in [0.15, 0.2) is 5.82 Å². The molecular formula is C35H39N5O5. The van der Waals surface area contributed by atoms with E-state index in [1.807, 2.05) is 54.6 Å². The Labute approximate surface area is 263 Å². The number of nitrogens with one attached hydrogen (secondary N) is 3. The third kappa shape index (κ3) is 9.82. The third-order valence-electron chi connectivity index (χ3n) is 5.92. The van der Waals surface area contributed by atoms with Crippen LogP contribution in [0, 0.1) is 6.92 Å². The number of para-hydroxylation sites is 1. The van der Waals surface area contributed by atoms with Crippen LogP contribution < -0.4 is 20.9 Å². The van der Waals surface area contributed by atoms with Crippen LogP contribution >= 0.6 is 0 Å². The van der Waals surface area contributed by atoms with E-state index in [9.17, 15) is 14.4 Å². The van der Waals surface area contributed by atoms with Crippen molar-refractivity contribution in [1.29, 1.82) is 0 Å². The van der Waals surface area contributed by atoms with E-state index in [1.54, 1.807) is 84.9 Å². The maximum atomic E-state index is 13.2.